The quantitative estimate of drug-likeness (QED) is 0.744. The van der Waals surface area contributed by atoms with E-state index in [0.29, 0.717) is 6.61 Å². The van der Waals surface area contributed by atoms with Crippen molar-refractivity contribution < 1.29 is 17.9 Å². The molecular weight excluding hydrogens is 297 g/mol. The van der Waals surface area contributed by atoms with Crippen molar-refractivity contribution in [1.29, 1.82) is 0 Å². The lowest BCUT2D eigenvalue weighted by atomic mass is 9.98. The summed E-state index contributed by atoms with van der Waals surface area (Å²) in [6.45, 7) is 4.30. The van der Waals surface area contributed by atoms with Gasteiger partial charge in [-0.25, -0.2) is 0 Å². The number of benzene rings is 1. The van der Waals surface area contributed by atoms with E-state index in [-0.39, 0.29) is 11.2 Å². The van der Waals surface area contributed by atoms with Crippen molar-refractivity contribution in [2.75, 3.05) is 11.9 Å². The molecule has 1 rings (SSSR count). The maximum absolute atomic E-state index is 12.4. The molecule has 0 fully saturated rings. The van der Waals surface area contributed by atoms with Crippen LogP contribution in [0.2, 0.25) is 0 Å². The molecule has 0 aromatic heterocycles. The maximum Gasteiger partial charge on any atom is 0.416 e. The third-order valence-electron chi connectivity index (χ3n) is 2.15. The molecule has 0 unspecified atom stereocenters. The second-order valence-electron chi connectivity index (χ2n) is 4.61. The van der Waals surface area contributed by atoms with E-state index in [1.54, 1.807) is 0 Å². The Balaban J connectivity index is 2.74. The SMILES string of the molecule is CC(C)(CBr)COc1cccc(C(F)(F)F)c1. The molecule has 0 amide bonds. The first-order chi connectivity index (χ1) is 7.74. The first-order valence-electron chi connectivity index (χ1n) is 5.11. The Hall–Kier alpha value is -0.710. The first kappa shape index (κ1) is 14.4. The summed E-state index contributed by atoms with van der Waals surface area (Å²) >= 11 is 3.33. The summed E-state index contributed by atoms with van der Waals surface area (Å²) < 4.78 is 42.7. The highest BCUT2D eigenvalue weighted by molar-refractivity contribution is 9.09. The fourth-order valence-corrected chi connectivity index (χ4v) is 1.24. The Kier molecular flexibility index (Phi) is 4.47. The van der Waals surface area contributed by atoms with Crippen molar-refractivity contribution in [3.63, 3.8) is 0 Å². The molecule has 1 aromatic carbocycles. The molecular formula is C12H14BrF3O. The Morgan fingerprint density at radius 1 is 1.24 bits per heavy atom. The molecule has 0 N–H and O–H groups in total. The highest BCUT2D eigenvalue weighted by Gasteiger charge is 2.30. The van der Waals surface area contributed by atoms with Crippen molar-refractivity contribution in [3.05, 3.63) is 29.8 Å². The van der Waals surface area contributed by atoms with Crippen LogP contribution >= 0.6 is 15.9 Å². The normalized spacial score (nSPS) is 12.6. The molecule has 0 aliphatic heterocycles. The second kappa shape index (κ2) is 5.29. The van der Waals surface area contributed by atoms with Crippen LogP contribution in [-0.4, -0.2) is 11.9 Å². The number of hydrogen-bond acceptors (Lipinski definition) is 1. The number of hydrogen-bond donors (Lipinski definition) is 0. The lowest BCUT2D eigenvalue weighted by molar-refractivity contribution is -0.137. The third-order valence-corrected chi connectivity index (χ3v) is 3.67. The van der Waals surface area contributed by atoms with Gasteiger partial charge >= 0.3 is 6.18 Å². The van der Waals surface area contributed by atoms with Crippen LogP contribution < -0.4 is 4.74 Å². The summed E-state index contributed by atoms with van der Waals surface area (Å²) in [4.78, 5) is 0. The molecule has 17 heavy (non-hydrogen) atoms. The lowest BCUT2D eigenvalue weighted by Crippen LogP contribution is -2.22. The molecule has 0 bridgehead atoms. The van der Waals surface area contributed by atoms with E-state index >= 15 is 0 Å². The molecule has 0 radical (unpaired) electrons. The average Bonchev–Trinajstić information content (AvgIpc) is 2.26. The third kappa shape index (κ3) is 4.58. The number of halogens is 4. The zero-order valence-electron chi connectivity index (χ0n) is 9.64. The number of alkyl halides is 4. The van der Waals surface area contributed by atoms with Crippen LogP contribution in [0.25, 0.3) is 0 Å². The number of ether oxygens (including phenoxy) is 1. The van der Waals surface area contributed by atoms with Crippen molar-refractivity contribution in [1.82, 2.24) is 0 Å². The van der Waals surface area contributed by atoms with E-state index in [2.05, 4.69) is 15.9 Å². The van der Waals surface area contributed by atoms with Gasteiger partial charge in [-0.05, 0) is 18.2 Å². The van der Waals surface area contributed by atoms with Gasteiger partial charge < -0.3 is 4.74 Å². The molecule has 1 aromatic rings. The van der Waals surface area contributed by atoms with Gasteiger partial charge in [0.1, 0.15) is 5.75 Å². The minimum atomic E-state index is -4.33. The van der Waals surface area contributed by atoms with Gasteiger partial charge in [0.25, 0.3) is 0 Å². The zero-order valence-corrected chi connectivity index (χ0v) is 11.2. The van der Waals surface area contributed by atoms with Crippen LogP contribution in [0.5, 0.6) is 5.75 Å². The van der Waals surface area contributed by atoms with Gasteiger partial charge in [-0.1, -0.05) is 35.8 Å². The molecule has 5 heteroatoms. The highest BCUT2D eigenvalue weighted by Crippen LogP contribution is 2.31. The Morgan fingerprint density at radius 3 is 2.41 bits per heavy atom. The Labute approximate surface area is 107 Å². The summed E-state index contributed by atoms with van der Waals surface area (Å²) in [5.41, 5.74) is -0.805. The molecule has 1 nitrogen and oxygen atoms in total. The van der Waals surface area contributed by atoms with Crippen molar-refractivity contribution >= 4 is 15.9 Å². The number of rotatable bonds is 4. The van der Waals surface area contributed by atoms with Crippen LogP contribution in [-0.2, 0) is 6.18 Å². The summed E-state index contributed by atoms with van der Waals surface area (Å²) in [7, 11) is 0. The van der Waals surface area contributed by atoms with Gasteiger partial charge in [-0.3, -0.25) is 0 Å². The lowest BCUT2D eigenvalue weighted by Gasteiger charge is -2.22. The summed E-state index contributed by atoms with van der Waals surface area (Å²) in [5.74, 6) is 0.244. The summed E-state index contributed by atoms with van der Waals surface area (Å²) in [6.07, 6.45) is -4.33. The van der Waals surface area contributed by atoms with Gasteiger partial charge in [0.15, 0.2) is 0 Å². The maximum atomic E-state index is 12.4. The van der Waals surface area contributed by atoms with E-state index in [4.69, 9.17) is 4.74 Å². The van der Waals surface area contributed by atoms with E-state index < -0.39 is 11.7 Å². The zero-order chi connectivity index (χ0) is 13.1. The monoisotopic (exact) mass is 310 g/mol. The molecule has 0 atom stereocenters. The van der Waals surface area contributed by atoms with Gasteiger partial charge in [-0.2, -0.15) is 13.2 Å². The van der Waals surface area contributed by atoms with Gasteiger partial charge in [0.2, 0.25) is 0 Å². The molecule has 0 saturated heterocycles. The summed E-state index contributed by atoms with van der Waals surface area (Å²) in [6, 6.07) is 4.92. The van der Waals surface area contributed by atoms with Gasteiger partial charge in [-0.15, -0.1) is 0 Å². The Bertz CT molecular complexity index is 374. The predicted molar refractivity (Wildman–Crippen MR) is 64.5 cm³/mol. The van der Waals surface area contributed by atoms with Crippen molar-refractivity contribution in [2.45, 2.75) is 20.0 Å². The van der Waals surface area contributed by atoms with Crippen LogP contribution in [0, 0.1) is 5.41 Å². The van der Waals surface area contributed by atoms with Gasteiger partial charge in [0, 0.05) is 10.7 Å². The minimum Gasteiger partial charge on any atom is -0.493 e. The highest BCUT2D eigenvalue weighted by atomic mass is 79.9. The minimum absolute atomic E-state index is 0.117. The molecule has 0 aliphatic carbocycles. The molecule has 0 aliphatic rings. The second-order valence-corrected chi connectivity index (χ2v) is 5.17. The van der Waals surface area contributed by atoms with Gasteiger partial charge in [0.05, 0.1) is 12.2 Å². The largest absolute Gasteiger partial charge is 0.493 e. The fourth-order valence-electron chi connectivity index (χ4n) is 1.08. The van der Waals surface area contributed by atoms with Crippen LogP contribution in [0.15, 0.2) is 24.3 Å². The van der Waals surface area contributed by atoms with Crippen LogP contribution in [0.1, 0.15) is 19.4 Å². The standard InChI is InChI=1S/C12H14BrF3O/c1-11(2,7-13)8-17-10-5-3-4-9(6-10)12(14,15)16/h3-6H,7-8H2,1-2H3. The Morgan fingerprint density at radius 2 is 1.88 bits per heavy atom. The molecule has 0 heterocycles. The van der Waals surface area contributed by atoms with Crippen molar-refractivity contribution in [2.24, 2.45) is 5.41 Å². The topological polar surface area (TPSA) is 9.23 Å². The van der Waals surface area contributed by atoms with E-state index in [0.717, 1.165) is 17.5 Å². The molecule has 0 spiro atoms. The smallest absolute Gasteiger partial charge is 0.416 e. The molecule has 96 valence electrons. The summed E-state index contributed by atoms with van der Waals surface area (Å²) in [5, 5.41) is 0.721. The van der Waals surface area contributed by atoms with E-state index in [1.165, 1.54) is 12.1 Å². The molecule has 0 saturated carbocycles. The predicted octanol–water partition coefficient (Wildman–Crippen LogP) is 4.51. The first-order valence-corrected chi connectivity index (χ1v) is 6.23. The van der Waals surface area contributed by atoms with Crippen LogP contribution in [0.4, 0.5) is 13.2 Å². The van der Waals surface area contributed by atoms with Crippen molar-refractivity contribution in [3.8, 4) is 5.75 Å². The fraction of sp³-hybridized carbons (Fsp3) is 0.500. The average molecular weight is 311 g/mol. The van der Waals surface area contributed by atoms with E-state index in [9.17, 15) is 13.2 Å². The van der Waals surface area contributed by atoms with Crippen LogP contribution in [0.3, 0.4) is 0 Å². The van der Waals surface area contributed by atoms with E-state index in [1.807, 2.05) is 13.8 Å².